The molecule has 0 heterocycles. The van der Waals surface area contributed by atoms with E-state index in [2.05, 4.69) is 85.9 Å². The van der Waals surface area contributed by atoms with Crippen molar-refractivity contribution in [1.29, 1.82) is 0 Å². The lowest BCUT2D eigenvalue weighted by atomic mass is 9.95. The fourth-order valence-corrected chi connectivity index (χ4v) is 3.93. The Balaban J connectivity index is 5.35. The van der Waals surface area contributed by atoms with Gasteiger partial charge in [0.25, 0.3) is 0 Å². The molecule has 1 N–H and O–H groups in total. The Bertz CT molecular complexity index is 534. The number of rotatable bonds is 10. The summed E-state index contributed by atoms with van der Waals surface area (Å²) < 4.78 is 12.1. The Kier molecular flexibility index (Phi) is 10.5. The third-order valence-corrected chi connectivity index (χ3v) is 10.3. The summed E-state index contributed by atoms with van der Waals surface area (Å²) in [4.78, 5) is 0. The normalized spacial score (nSPS) is 19.3. The predicted octanol–water partition coefficient (Wildman–Crippen LogP) is 6.27. The summed E-state index contributed by atoms with van der Waals surface area (Å²) in [6, 6.07) is 0. The van der Waals surface area contributed by atoms with Gasteiger partial charge in [-0.3, -0.25) is 0 Å². The van der Waals surface area contributed by atoms with Crippen LogP contribution in [0.5, 0.6) is 0 Å². The first-order valence-corrected chi connectivity index (χ1v) is 13.0. The molecule has 0 aromatic carbocycles. The average molecular weight is 397 g/mol. The molecule has 1 unspecified atom stereocenters. The van der Waals surface area contributed by atoms with Crippen molar-refractivity contribution in [1.82, 2.24) is 0 Å². The van der Waals surface area contributed by atoms with E-state index in [1.807, 2.05) is 6.92 Å². The summed E-state index contributed by atoms with van der Waals surface area (Å²) in [5.74, 6) is 0.284. The van der Waals surface area contributed by atoms with Gasteiger partial charge in [0.05, 0.1) is 18.3 Å². The minimum Gasteiger partial charge on any atom is -0.410 e. The number of hydrogen-bond acceptors (Lipinski definition) is 3. The van der Waals surface area contributed by atoms with Crippen LogP contribution < -0.4 is 0 Å². The van der Waals surface area contributed by atoms with Crippen LogP contribution in [0.25, 0.3) is 0 Å². The van der Waals surface area contributed by atoms with Crippen LogP contribution in [0.15, 0.2) is 35.5 Å². The maximum Gasteiger partial charge on any atom is 0.192 e. The van der Waals surface area contributed by atoms with Crippen LogP contribution in [0.2, 0.25) is 18.1 Å². The molecular formula is C23H44O3Si. The van der Waals surface area contributed by atoms with Crippen molar-refractivity contribution in [2.75, 3.05) is 13.7 Å². The summed E-state index contributed by atoms with van der Waals surface area (Å²) in [7, 11) is -0.217. The second kappa shape index (κ2) is 10.8. The second-order valence-electron chi connectivity index (χ2n) is 9.52. The summed E-state index contributed by atoms with van der Waals surface area (Å²) in [5, 5.41) is 9.63. The minimum atomic E-state index is -1.85. The topological polar surface area (TPSA) is 38.7 Å². The van der Waals surface area contributed by atoms with Crippen LogP contribution in [0.3, 0.4) is 0 Å². The number of methoxy groups -OCH3 is 1. The lowest BCUT2D eigenvalue weighted by Gasteiger charge is -2.41. The molecule has 0 aliphatic heterocycles. The zero-order valence-electron chi connectivity index (χ0n) is 19.6. The molecule has 0 amide bonds. The molecule has 0 aromatic heterocycles. The fraction of sp³-hybridized carbons (Fsp3) is 0.739. The number of allylic oxidation sites excluding steroid dienone is 3. The van der Waals surface area contributed by atoms with Crippen molar-refractivity contribution in [2.45, 2.75) is 91.6 Å². The van der Waals surface area contributed by atoms with E-state index in [4.69, 9.17) is 9.16 Å². The third kappa shape index (κ3) is 8.47. The molecule has 3 atom stereocenters. The molecule has 0 aromatic rings. The molecule has 0 rings (SSSR count). The van der Waals surface area contributed by atoms with E-state index < -0.39 is 13.9 Å². The van der Waals surface area contributed by atoms with E-state index in [1.165, 1.54) is 11.1 Å². The molecule has 0 aliphatic rings. The van der Waals surface area contributed by atoms with Crippen LogP contribution in [-0.4, -0.2) is 38.8 Å². The maximum absolute atomic E-state index is 9.44. The van der Waals surface area contributed by atoms with Crippen LogP contribution >= 0.6 is 0 Å². The first-order chi connectivity index (χ1) is 12.2. The van der Waals surface area contributed by atoms with Crippen molar-refractivity contribution in [2.24, 2.45) is 5.92 Å². The zero-order valence-corrected chi connectivity index (χ0v) is 20.6. The van der Waals surface area contributed by atoms with Gasteiger partial charge in [0.2, 0.25) is 0 Å². The molecule has 0 saturated carbocycles. The van der Waals surface area contributed by atoms with Gasteiger partial charge < -0.3 is 14.3 Å². The van der Waals surface area contributed by atoms with Gasteiger partial charge in [0.15, 0.2) is 8.32 Å². The maximum atomic E-state index is 9.44. The van der Waals surface area contributed by atoms with Crippen LogP contribution in [-0.2, 0) is 9.16 Å². The number of hydrogen-bond donors (Lipinski definition) is 1. The van der Waals surface area contributed by atoms with Gasteiger partial charge in [-0.25, -0.2) is 0 Å². The van der Waals surface area contributed by atoms with Crippen molar-refractivity contribution < 1.29 is 14.3 Å². The van der Waals surface area contributed by atoms with E-state index in [0.29, 0.717) is 6.42 Å². The summed E-state index contributed by atoms with van der Waals surface area (Å²) in [6.07, 6.45) is 9.41. The van der Waals surface area contributed by atoms with Crippen LogP contribution in [0, 0.1) is 5.92 Å². The van der Waals surface area contributed by atoms with Crippen molar-refractivity contribution in [3.63, 3.8) is 0 Å². The Hall–Kier alpha value is -0.683. The quantitative estimate of drug-likeness (QED) is 0.269. The van der Waals surface area contributed by atoms with Crippen LogP contribution in [0.4, 0.5) is 0 Å². The molecule has 0 aliphatic carbocycles. The molecule has 0 bridgehead atoms. The summed E-state index contributed by atoms with van der Waals surface area (Å²) in [5.41, 5.74) is 1.97. The van der Waals surface area contributed by atoms with E-state index >= 15 is 0 Å². The van der Waals surface area contributed by atoms with Gasteiger partial charge >= 0.3 is 0 Å². The fourth-order valence-electron chi connectivity index (χ4n) is 2.54. The Morgan fingerprint density at radius 1 is 1.15 bits per heavy atom. The van der Waals surface area contributed by atoms with Gasteiger partial charge in [-0.15, -0.1) is 0 Å². The smallest absolute Gasteiger partial charge is 0.192 e. The Morgan fingerprint density at radius 2 is 1.70 bits per heavy atom. The monoisotopic (exact) mass is 396 g/mol. The molecule has 3 nitrogen and oxygen atoms in total. The zero-order chi connectivity index (χ0) is 21.5. The van der Waals surface area contributed by atoms with E-state index in [0.717, 1.165) is 0 Å². The van der Waals surface area contributed by atoms with E-state index in [-0.39, 0.29) is 23.7 Å². The average Bonchev–Trinajstić information content (AvgIpc) is 2.57. The van der Waals surface area contributed by atoms with Gasteiger partial charge in [0, 0.05) is 13.0 Å². The highest BCUT2D eigenvalue weighted by Crippen LogP contribution is 2.39. The molecule has 0 spiro atoms. The highest BCUT2D eigenvalue weighted by Gasteiger charge is 2.40. The van der Waals surface area contributed by atoms with Crippen molar-refractivity contribution in [3.05, 3.63) is 35.5 Å². The van der Waals surface area contributed by atoms with Crippen LogP contribution in [0.1, 0.15) is 61.8 Å². The molecule has 4 heteroatoms. The van der Waals surface area contributed by atoms with Gasteiger partial charge in [-0.05, 0) is 57.8 Å². The van der Waals surface area contributed by atoms with E-state index in [1.54, 1.807) is 7.11 Å². The molecule has 0 fully saturated rings. The van der Waals surface area contributed by atoms with Crippen molar-refractivity contribution in [3.8, 4) is 0 Å². The molecular weight excluding hydrogens is 352 g/mol. The molecule has 27 heavy (non-hydrogen) atoms. The SMILES string of the molecule is C/C=C(\C)[C@H](O[Si](C)(C)C(C)(C)C)[C@H](C)/C=C(C)/C=C/CC(C)(CO)OC. The third-order valence-electron chi connectivity index (χ3n) is 5.89. The highest BCUT2D eigenvalue weighted by atomic mass is 28.4. The Morgan fingerprint density at radius 3 is 2.11 bits per heavy atom. The standard InChI is InChI=1S/C23H44O3Si/c1-12-19(3)21(26-27(10,11)22(5,6)7)20(4)16-18(2)14-13-15-23(8,17-24)25-9/h12-14,16,20-21,24H,15,17H2,1-11H3/b14-13+,18-16+,19-12+/t20-,21+,23?/m1/s1. The molecule has 158 valence electrons. The second-order valence-corrected chi connectivity index (χ2v) is 14.3. The van der Waals surface area contributed by atoms with Gasteiger partial charge in [-0.2, -0.15) is 0 Å². The van der Waals surface area contributed by atoms with Gasteiger partial charge in [0.1, 0.15) is 0 Å². The van der Waals surface area contributed by atoms with E-state index in [9.17, 15) is 5.11 Å². The first-order valence-electron chi connectivity index (χ1n) is 10.0. The predicted molar refractivity (Wildman–Crippen MR) is 121 cm³/mol. The summed E-state index contributed by atoms with van der Waals surface area (Å²) >= 11 is 0. The lowest BCUT2D eigenvalue weighted by Crippen LogP contribution is -2.45. The molecule has 0 radical (unpaired) electrons. The summed E-state index contributed by atoms with van der Waals surface area (Å²) in [6.45, 7) is 22.0. The number of aliphatic hydroxyl groups excluding tert-OH is 1. The highest BCUT2D eigenvalue weighted by molar-refractivity contribution is 6.74. The van der Waals surface area contributed by atoms with Gasteiger partial charge in [-0.1, -0.05) is 57.6 Å². The number of aliphatic hydroxyl groups is 1. The van der Waals surface area contributed by atoms with Crippen molar-refractivity contribution >= 4 is 8.32 Å². The lowest BCUT2D eigenvalue weighted by molar-refractivity contribution is -0.0349. The minimum absolute atomic E-state index is 0.00984. The largest absolute Gasteiger partial charge is 0.410 e. The Labute approximate surface area is 169 Å². The first kappa shape index (κ1) is 26.3. The molecule has 0 saturated heterocycles. The number of ether oxygens (including phenoxy) is 1.